The first-order chi connectivity index (χ1) is 15.5. The molecule has 0 bridgehead atoms. The predicted molar refractivity (Wildman–Crippen MR) is 124 cm³/mol. The van der Waals surface area contributed by atoms with E-state index in [1.54, 1.807) is 13.4 Å². The number of rotatable bonds is 7. The molecule has 8 nitrogen and oxygen atoms in total. The highest BCUT2D eigenvalue weighted by molar-refractivity contribution is 7.99. The Morgan fingerprint density at radius 1 is 1.16 bits per heavy atom. The summed E-state index contributed by atoms with van der Waals surface area (Å²) in [5, 5.41) is 8.95. The van der Waals surface area contributed by atoms with Gasteiger partial charge >= 0.3 is 0 Å². The summed E-state index contributed by atoms with van der Waals surface area (Å²) >= 11 is 1.43. The number of piperidine rings is 1. The van der Waals surface area contributed by atoms with Gasteiger partial charge in [-0.3, -0.25) is 14.3 Å². The van der Waals surface area contributed by atoms with Crippen LogP contribution in [0.15, 0.2) is 35.7 Å². The molecule has 0 radical (unpaired) electrons. The molecule has 1 aromatic carbocycles. The molecule has 32 heavy (non-hydrogen) atoms. The monoisotopic (exact) mass is 459 g/mol. The molecule has 2 atom stereocenters. The van der Waals surface area contributed by atoms with Crippen molar-refractivity contribution in [3.8, 4) is 11.4 Å². The van der Waals surface area contributed by atoms with Gasteiger partial charge in [0.15, 0.2) is 5.16 Å². The Morgan fingerprint density at radius 3 is 2.50 bits per heavy atom. The van der Waals surface area contributed by atoms with Crippen LogP contribution in [0.1, 0.15) is 26.7 Å². The van der Waals surface area contributed by atoms with Gasteiger partial charge in [-0.05, 0) is 56.9 Å². The fourth-order valence-corrected chi connectivity index (χ4v) is 5.46. The summed E-state index contributed by atoms with van der Waals surface area (Å²) in [6.45, 7) is 9.10. The minimum absolute atomic E-state index is 0.173. The molecular formula is C23H33N5O3S. The number of thioether (sulfide) groups is 1. The molecule has 2 aliphatic rings. The van der Waals surface area contributed by atoms with Gasteiger partial charge in [-0.1, -0.05) is 11.8 Å². The zero-order valence-electron chi connectivity index (χ0n) is 19.1. The lowest BCUT2D eigenvalue weighted by Crippen LogP contribution is -2.48. The van der Waals surface area contributed by atoms with Gasteiger partial charge < -0.3 is 14.4 Å². The average molecular weight is 460 g/mol. The highest BCUT2D eigenvalue weighted by atomic mass is 32.2. The molecule has 174 valence electrons. The molecule has 3 heterocycles. The van der Waals surface area contributed by atoms with Crippen molar-refractivity contribution in [2.75, 3.05) is 45.6 Å². The van der Waals surface area contributed by atoms with Crippen molar-refractivity contribution in [1.29, 1.82) is 0 Å². The normalized spacial score (nSPS) is 22.8. The SMILES string of the molecule is COc1ccc(-n2cnnc2SCC(=O)N2CCC(CN3C[C@@H](C)O[C@@H](C)C3)CC2)cc1. The van der Waals surface area contributed by atoms with E-state index in [1.807, 2.05) is 33.7 Å². The molecule has 0 aliphatic carbocycles. The summed E-state index contributed by atoms with van der Waals surface area (Å²) in [5.74, 6) is 2.00. The second-order valence-corrected chi connectivity index (χ2v) is 9.71. The number of hydrogen-bond acceptors (Lipinski definition) is 7. The first kappa shape index (κ1) is 23.1. The lowest BCUT2D eigenvalue weighted by atomic mass is 9.95. The molecule has 0 spiro atoms. The van der Waals surface area contributed by atoms with Crippen molar-refractivity contribution in [3.05, 3.63) is 30.6 Å². The Hall–Kier alpha value is -2.10. The van der Waals surface area contributed by atoms with Crippen molar-refractivity contribution in [1.82, 2.24) is 24.6 Å². The van der Waals surface area contributed by atoms with Gasteiger partial charge in [0, 0.05) is 38.4 Å². The number of likely N-dealkylation sites (tertiary alicyclic amines) is 1. The number of carbonyl (C=O) groups is 1. The maximum Gasteiger partial charge on any atom is 0.233 e. The van der Waals surface area contributed by atoms with Gasteiger partial charge in [0.05, 0.1) is 25.1 Å². The van der Waals surface area contributed by atoms with E-state index >= 15 is 0 Å². The third-order valence-corrected chi connectivity index (χ3v) is 7.10. The highest BCUT2D eigenvalue weighted by Crippen LogP contribution is 2.24. The number of nitrogens with zero attached hydrogens (tertiary/aromatic N) is 5. The largest absolute Gasteiger partial charge is 0.497 e. The molecule has 0 saturated carbocycles. The number of amides is 1. The van der Waals surface area contributed by atoms with Gasteiger partial charge in [-0.15, -0.1) is 10.2 Å². The standard InChI is InChI=1S/C23H33N5O3S/c1-17-12-26(13-18(2)31-17)14-19-8-10-27(11-9-19)22(29)15-32-23-25-24-16-28(23)20-4-6-21(30-3)7-5-20/h4-7,16-19H,8-15H2,1-3H3/t17-,18+. The fraction of sp³-hybridized carbons (Fsp3) is 0.609. The van der Waals surface area contributed by atoms with E-state index in [0.717, 1.165) is 57.0 Å². The number of hydrogen-bond donors (Lipinski definition) is 0. The maximum absolute atomic E-state index is 12.8. The number of methoxy groups -OCH3 is 1. The zero-order valence-corrected chi connectivity index (χ0v) is 20.0. The third-order valence-electron chi connectivity index (χ3n) is 6.17. The van der Waals surface area contributed by atoms with Crippen LogP contribution in [0.2, 0.25) is 0 Å². The van der Waals surface area contributed by atoms with E-state index in [1.165, 1.54) is 11.8 Å². The van der Waals surface area contributed by atoms with E-state index in [-0.39, 0.29) is 5.91 Å². The second-order valence-electron chi connectivity index (χ2n) is 8.77. The van der Waals surface area contributed by atoms with Gasteiger partial charge in [0.1, 0.15) is 12.1 Å². The van der Waals surface area contributed by atoms with Crippen LogP contribution < -0.4 is 4.74 Å². The van der Waals surface area contributed by atoms with E-state index in [4.69, 9.17) is 9.47 Å². The highest BCUT2D eigenvalue weighted by Gasteiger charge is 2.28. The predicted octanol–water partition coefficient (Wildman–Crippen LogP) is 2.72. The van der Waals surface area contributed by atoms with Crippen LogP contribution in [0.5, 0.6) is 5.75 Å². The minimum atomic E-state index is 0.173. The summed E-state index contributed by atoms with van der Waals surface area (Å²) in [7, 11) is 1.65. The smallest absolute Gasteiger partial charge is 0.233 e. The summed E-state index contributed by atoms with van der Waals surface area (Å²) in [5.41, 5.74) is 0.943. The summed E-state index contributed by atoms with van der Waals surface area (Å²) in [6, 6.07) is 7.71. The van der Waals surface area contributed by atoms with Crippen molar-refractivity contribution in [2.24, 2.45) is 5.92 Å². The Labute approximate surface area is 194 Å². The molecule has 9 heteroatoms. The van der Waals surface area contributed by atoms with Gasteiger partial charge in [0.2, 0.25) is 5.91 Å². The molecule has 0 unspecified atom stereocenters. The third kappa shape index (κ3) is 5.82. The van der Waals surface area contributed by atoms with Gasteiger partial charge in [0.25, 0.3) is 0 Å². The Morgan fingerprint density at radius 2 is 1.84 bits per heavy atom. The van der Waals surface area contributed by atoms with Crippen molar-refractivity contribution in [2.45, 2.75) is 44.1 Å². The number of morpholine rings is 1. The molecule has 2 fully saturated rings. The number of aromatic nitrogens is 3. The van der Waals surface area contributed by atoms with Crippen LogP contribution in [0, 0.1) is 5.92 Å². The Kier molecular flexibility index (Phi) is 7.70. The number of carbonyl (C=O) groups excluding carboxylic acids is 1. The molecule has 1 aromatic heterocycles. The van der Waals surface area contributed by atoms with E-state index in [9.17, 15) is 4.79 Å². The molecule has 0 N–H and O–H groups in total. The topological polar surface area (TPSA) is 72.7 Å². The molecule has 2 aromatic rings. The molecule has 2 aliphatic heterocycles. The van der Waals surface area contributed by atoms with Crippen LogP contribution in [0.3, 0.4) is 0 Å². The molecule has 4 rings (SSSR count). The van der Waals surface area contributed by atoms with E-state index < -0.39 is 0 Å². The van der Waals surface area contributed by atoms with E-state index in [0.29, 0.717) is 29.0 Å². The lowest BCUT2D eigenvalue weighted by molar-refractivity contribution is -0.130. The van der Waals surface area contributed by atoms with Crippen molar-refractivity contribution >= 4 is 17.7 Å². The summed E-state index contributed by atoms with van der Waals surface area (Å²) in [6.07, 6.45) is 4.42. The van der Waals surface area contributed by atoms with Gasteiger partial charge in [-0.2, -0.15) is 0 Å². The first-order valence-corrected chi connectivity index (χ1v) is 12.3. The van der Waals surface area contributed by atoms with E-state index in [2.05, 4.69) is 28.9 Å². The maximum atomic E-state index is 12.8. The number of benzene rings is 1. The fourth-order valence-electron chi connectivity index (χ4n) is 4.62. The second kappa shape index (κ2) is 10.7. The Balaban J connectivity index is 1.24. The van der Waals surface area contributed by atoms with Crippen LogP contribution in [0.25, 0.3) is 5.69 Å². The van der Waals surface area contributed by atoms with Gasteiger partial charge in [-0.25, -0.2) is 0 Å². The average Bonchev–Trinajstić information content (AvgIpc) is 3.26. The van der Waals surface area contributed by atoms with Crippen LogP contribution in [-0.2, 0) is 9.53 Å². The number of ether oxygens (including phenoxy) is 2. The Bertz CT molecular complexity index is 872. The molecule has 2 saturated heterocycles. The summed E-state index contributed by atoms with van der Waals surface area (Å²) < 4.78 is 13.0. The molecular weight excluding hydrogens is 426 g/mol. The van der Waals surface area contributed by atoms with Crippen LogP contribution in [-0.4, -0.2) is 88.3 Å². The quantitative estimate of drug-likeness (QED) is 0.590. The van der Waals surface area contributed by atoms with Crippen molar-refractivity contribution in [3.63, 3.8) is 0 Å². The summed E-state index contributed by atoms with van der Waals surface area (Å²) in [4.78, 5) is 17.3. The lowest BCUT2D eigenvalue weighted by Gasteiger charge is -2.39. The minimum Gasteiger partial charge on any atom is -0.497 e. The van der Waals surface area contributed by atoms with Crippen molar-refractivity contribution < 1.29 is 14.3 Å². The molecule has 1 amide bonds. The van der Waals surface area contributed by atoms with Crippen LogP contribution >= 0.6 is 11.8 Å². The zero-order chi connectivity index (χ0) is 22.5. The van der Waals surface area contributed by atoms with Crippen LogP contribution in [0.4, 0.5) is 0 Å². The first-order valence-electron chi connectivity index (χ1n) is 11.3.